The molecule has 1 aromatic carbocycles. The predicted molar refractivity (Wildman–Crippen MR) is 97.7 cm³/mol. The Bertz CT molecular complexity index is 868. The molecule has 2 aromatic heterocycles. The van der Waals surface area contributed by atoms with Gasteiger partial charge in [-0.25, -0.2) is 0 Å². The molecule has 0 radical (unpaired) electrons. The number of amides is 1. The molecule has 2 N–H and O–H groups in total. The Balaban J connectivity index is 1.61. The Hall–Kier alpha value is -2.99. The maximum absolute atomic E-state index is 12.2. The van der Waals surface area contributed by atoms with Gasteiger partial charge in [-0.2, -0.15) is 0 Å². The van der Waals surface area contributed by atoms with Crippen LogP contribution in [0.25, 0.3) is 0 Å². The molecule has 25 heavy (non-hydrogen) atoms. The Morgan fingerprint density at radius 3 is 2.68 bits per heavy atom. The summed E-state index contributed by atoms with van der Waals surface area (Å²) in [7, 11) is 0. The minimum atomic E-state index is -0.344. The van der Waals surface area contributed by atoms with Crippen LogP contribution in [0.3, 0.4) is 0 Å². The molecule has 0 spiro atoms. The number of rotatable bonds is 5. The van der Waals surface area contributed by atoms with Crippen molar-refractivity contribution in [2.75, 3.05) is 10.6 Å². The van der Waals surface area contributed by atoms with E-state index in [0.717, 1.165) is 11.3 Å². The summed E-state index contributed by atoms with van der Waals surface area (Å²) in [6, 6.07) is 14.3. The third kappa shape index (κ3) is 4.51. The van der Waals surface area contributed by atoms with Crippen molar-refractivity contribution < 1.29 is 4.79 Å². The van der Waals surface area contributed by atoms with Crippen molar-refractivity contribution in [3.8, 4) is 0 Å². The molecule has 0 aliphatic heterocycles. The number of halogens is 1. The van der Waals surface area contributed by atoms with E-state index in [1.165, 1.54) is 0 Å². The lowest BCUT2D eigenvalue weighted by atomic mass is 10.2. The van der Waals surface area contributed by atoms with Gasteiger partial charge in [0.15, 0.2) is 5.69 Å². The quantitative estimate of drug-likeness (QED) is 0.731. The van der Waals surface area contributed by atoms with Crippen molar-refractivity contribution in [1.29, 1.82) is 0 Å². The van der Waals surface area contributed by atoms with Gasteiger partial charge in [0.05, 0.1) is 12.2 Å². The van der Waals surface area contributed by atoms with Gasteiger partial charge in [-0.05, 0) is 48.9 Å². The first-order valence-electron chi connectivity index (χ1n) is 7.67. The summed E-state index contributed by atoms with van der Waals surface area (Å²) in [5.74, 6) is 0.226. The highest BCUT2D eigenvalue weighted by Gasteiger charge is 2.09. The summed E-state index contributed by atoms with van der Waals surface area (Å²) in [6.07, 6.45) is 1.73. The fourth-order valence-electron chi connectivity index (χ4n) is 2.10. The molecule has 0 aliphatic rings. The van der Waals surface area contributed by atoms with Crippen LogP contribution in [0.4, 0.5) is 11.5 Å². The highest BCUT2D eigenvalue weighted by atomic mass is 35.5. The molecule has 0 saturated heterocycles. The second-order valence-corrected chi connectivity index (χ2v) is 5.80. The number of nitrogens with zero attached hydrogens (tertiary/aromatic N) is 3. The largest absolute Gasteiger partial charge is 0.363 e. The van der Waals surface area contributed by atoms with Crippen molar-refractivity contribution in [3.63, 3.8) is 0 Å². The highest BCUT2D eigenvalue weighted by Crippen LogP contribution is 2.20. The van der Waals surface area contributed by atoms with Crippen LogP contribution < -0.4 is 10.6 Å². The Labute approximate surface area is 150 Å². The number of hydrogen-bond acceptors (Lipinski definition) is 5. The van der Waals surface area contributed by atoms with Crippen molar-refractivity contribution in [3.05, 3.63) is 76.7 Å². The monoisotopic (exact) mass is 353 g/mol. The lowest BCUT2D eigenvalue weighted by molar-refractivity contribution is 0.102. The van der Waals surface area contributed by atoms with Crippen LogP contribution in [0.1, 0.15) is 21.7 Å². The summed E-state index contributed by atoms with van der Waals surface area (Å²) in [5.41, 5.74) is 2.67. The van der Waals surface area contributed by atoms with Gasteiger partial charge in [-0.3, -0.25) is 9.78 Å². The average Bonchev–Trinajstić information content (AvgIpc) is 2.64. The van der Waals surface area contributed by atoms with Crippen molar-refractivity contribution in [1.82, 2.24) is 15.2 Å². The zero-order chi connectivity index (χ0) is 17.6. The number of benzene rings is 1. The molecule has 3 aromatic rings. The maximum Gasteiger partial charge on any atom is 0.276 e. The molecule has 1 amide bonds. The zero-order valence-corrected chi connectivity index (χ0v) is 14.3. The molecule has 126 valence electrons. The number of carbonyl (C=O) groups is 1. The fraction of sp³-hybridized carbons (Fsp3) is 0.111. The van der Waals surface area contributed by atoms with E-state index < -0.39 is 0 Å². The molecule has 0 unspecified atom stereocenters. The first-order chi connectivity index (χ1) is 12.1. The van der Waals surface area contributed by atoms with E-state index in [2.05, 4.69) is 25.8 Å². The first-order valence-corrected chi connectivity index (χ1v) is 8.04. The van der Waals surface area contributed by atoms with Crippen LogP contribution in [0.2, 0.25) is 5.02 Å². The molecular formula is C18H16ClN5O. The van der Waals surface area contributed by atoms with E-state index >= 15 is 0 Å². The number of anilines is 2. The number of carbonyl (C=O) groups excluding carboxylic acids is 1. The highest BCUT2D eigenvalue weighted by molar-refractivity contribution is 6.31. The zero-order valence-electron chi connectivity index (χ0n) is 13.5. The Morgan fingerprint density at radius 1 is 1.12 bits per heavy atom. The lowest BCUT2D eigenvalue weighted by Gasteiger charge is -2.07. The van der Waals surface area contributed by atoms with Gasteiger partial charge in [-0.1, -0.05) is 23.7 Å². The molecule has 7 heteroatoms. The van der Waals surface area contributed by atoms with Crippen molar-refractivity contribution in [2.24, 2.45) is 0 Å². The SMILES string of the molecule is Cc1ccc(NC(=O)c2ccc(NCc3ccccn3)nn2)cc1Cl. The first kappa shape index (κ1) is 16.9. The summed E-state index contributed by atoms with van der Waals surface area (Å²) in [5, 5.41) is 14.4. The summed E-state index contributed by atoms with van der Waals surface area (Å²) in [4.78, 5) is 16.4. The second kappa shape index (κ2) is 7.72. The predicted octanol–water partition coefficient (Wildman–Crippen LogP) is 3.70. The van der Waals surface area contributed by atoms with Gasteiger partial charge in [0.1, 0.15) is 5.82 Å². The van der Waals surface area contributed by atoms with Gasteiger partial charge in [0.25, 0.3) is 5.91 Å². The summed E-state index contributed by atoms with van der Waals surface area (Å²) < 4.78 is 0. The number of nitrogens with one attached hydrogen (secondary N) is 2. The summed E-state index contributed by atoms with van der Waals surface area (Å²) in [6.45, 7) is 2.43. The van der Waals surface area contributed by atoms with E-state index in [4.69, 9.17) is 11.6 Å². The van der Waals surface area contributed by atoms with Crippen LogP contribution in [0.15, 0.2) is 54.7 Å². The second-order valence-electron chi connectivity index (χ2n) is 5.40. The molecule has 0 aliphatic carbocycles. The fourth-order valence-corrected chi connectivity index (χ4v) is 2.28. The minimum absolute atomic E-state index is 0.222. The number of pyridine rings is 1. The van der Waals surface area contributed by atoms with E-state index in [1.807, 2.05) is 31.2 Å². The van der Waals surface area contributed by atoms with E-state index in [0.29, 0.717) is 23.1 Å². The van der Waals surface area contributed by atoms with E-state index in [-0.39, 0.29) is 11.6 Å². The lowest BCUT2D eigenvalue weighted by Crippen LogP contribution is -2.15. The molecule has 2 heterocycles. The number of aryl methyl sites for hydroxylation is 1. The normalized spacial score (nSPS) is 10.3. The molecule has 0 fully saturated rings. The van der Waals surface area contributed by atoms with Crippen molar-refractivity contribution in [2.45, 2.75) is 13.5 Å². The van der Waals surface area contributed by atoms with Crippen LogP contribution in [0.5, 0.6) is 0 Å². The molecule has 6 nitrogen and oxygen atoms in total. The molecule has 3 rings (SSSR count). The third-order valence-electron chi connectivity index (χ3n) is 3.50. The molecule has 0 saturated carbocycles. The van der Waals surface area contributed by atoms with Crippen LogP contribution in [0, 0.1) is 6.92 Å². The summed E-state index contributed by atoms with van der Waals surface area (Å²) >= 11 is 6.06. The maximum atomic E-state index is 12.2. The van der Waals surface area contributed by atoms with E-state index in [1.54, 1.807) is 30.5 Å². The van der Waals surface area contributed by atoms with Gasteiger partial charge >= 0.3 is 0 Å². The molecular weight excluding hydrogens is 338 g/mol. The smallest absolute Gasteiger partial charge is 0.276 e. The van der Waals surface area contributed by atoms with Gasteiger partial charge in [0, 0.05) is 16.9 Å². The van der Waals surface area contributed by atoms with Gasteiger partial charge in [-0.15, -0.1) is 10.2 Å². The minimum Gasteiger partial charge on any atom is -0.363 e. The van der Waals surface area contributed by atoms with E-state index in [9.17, 15) is 4.79 Å². The van der Waals surface area contributed by atoms with Crippen LogP contribution in [-0.2, 0) is 6.54 Å². The molecule has 0 atom stereocenters. The van der Waals surface area contributed by atoms with Crippen molar-refractivity contribution >= 4 is 29.0 Å². The number of aromatic nitrogens is 3. The topological polar surface area (TPSA) is 79.8 Å². The van der Waals surface area contributed by atoms with Gasteiger partial charge < -0.3 is 10.6 Å². The van der Waals surface area contributed by atoms with Crippen LogP contribution in [-0.4, -0.2) is 21.1 Å². The van der Waals surface area contributed by atoms with Gasteiger partial charge in [0.2, 0.25) is 0 Å². The van der Waals surface area contributed by atoms with Crippen LogP contribution >= 0.6 is 11.6 Å². The third-order valence-corrected chi connectivity index (χ3v) is 3.91. The Kier molecular flexibility index (Phi) is 5.20. The Morgan fingerprint density at radius 2 is 2.00 bits per heavy atom. The standard InChI is InChI=1S/C18H16ClN5O/c1-12-5-6-13(10-15(12)19)22-18(25)16-7-8-17(24-23-16)21-11-14-4-2-3-9-20-14/h2-10H,11H2,1H3,(H,21,24)(H,22,25). The average molecular weight is 354 g/mol. The number of hydrogen-bond donors (Lipinski definition) is 2. The molecule has 0 bridgehead atoms.